The Kier molecular flexibility index (Phi) is 6.88. The fraction of sp³-hybridized carbons (Fsp3) is 0.148. The number of carbonyl (C=O) groups is 2. The van der Waals surface area contributed by atoms with Gasteiger partial charge in [0.05, 0.1) is 10.7 Å². The molecule has 0 radical (unpaired) electrons. The summed E-state index contributed by atoms with van der Waals surface area (Å²) in [6, 6.07) is 23.9. The molecule has 0 aliphatic carbocycles. The second-order valence-electron chi connectivity index (χ2n) is 8.37. The van der Waals surface area contributed by atoms with Gasteiger partial charge >= 0.3 is 0 Å². The lowest BCUT2D eigenvalue weighted by Gasteiger charge is -2.36. The van der Waals surface area contributed by atoms with E-state index in [9.17, 15) is 9.59 Å². The normalized spacial score (nSPS) is 13.5. The zero-order valence-electron chi connectivity index (χ0n) is 19.2. The van der Waals surface area contributed by atoms with Crippen LogP contribution in [0.5, 0.6) is 0 Å². The highest BCUT2D eigenvalue weighted by atomic mass is 35.5. The molecule has 4 aromatic rings. The Morgan fingerprint density at radius 1 is 0.889 bits per heavy atom. The molecule has 1 aliphatic rings. The third-order valence-corrected chi connectivity index (χ3v) is 6.52. The van der Waals surface area contributed by atoms with Gasteiger partial charge in [-0.15, -0.1) is 0 Å². The second-order valence-corrected chi connectivity index (χ2v) is 9.18. The minimum absolute atomic E-state index is 0.0408. The molecule has 1 aromatic heterocycles. The molecular weight excluding hydrogens is 496 g/mol. The van der Waals surface area contributed by atoms with E-state index in [4.69, 9.17) is 28.2 Å². The molecule has 2 heterocycles. The van der Waals surface area contributed by atoms with Crippen molar-refractivity contribution in [3.63, 3.8) is 0 Å². The lowest BCUT2D eigenvalue weighted by molar-refractivity contribution is 0.0746. The van der Waals surface area contributed by atoms with Crippen molar-refractivity contribution in [2.45, 2.75) is 0 Å². The highest BCUT2D eigenvalue weighted by molar-refractivity contribution is 7.80. The molecule has 0 saturated carbocycles. The number of benzene rings is 3. The fourth-order valence-corrected chi connectivity index (χ4v) is 4.69. The molecule has 0 spiro atoms. The summed E-state index contributed by atoms with van der Waals surface area (Å²) in [5.74, 6) is -0.216. The zero-order valence-corrected chi connectivity index (χ0v) is 20.8. The molecule has 1 fully saturated rings. The SMILES string of the molecule is O=C(NC(=S)Nc1ccc(N2CCN(C(=O)c3ccccc3)CC2)c(Cl)c1)c1cc2ccccc2o1. The topological polar surface area (TPSA) is 77.8 Å². The summed E-state index contributed by atoms with van der Waals surface area (Å²) >= 11 is 11.9. The summed E-state index contributed by atoms with van der Waals surface area (Å²) in [5.41, 5.74) is 2.86. The molecule has 36 heavy (non-hydrogen) atoms. The van der Waals surface area contributed by atoms with Crippen molar-refractivity contribution in [1.29, 1.82) is 0 Å². The summed E-state index contributed by atoms with van der Waals surface area (Å²) < 4.78 is 5.58. The maximum Gasteiger partial charge on any atom is 0.293 e. The molecular formula is C27H23ClN4O3S. The van der Waals surface area contributed by atoms with Crippen LogP contribution in [0, 0.1) is 0 Å². The van der Waals surface area contributed by atoms with Gasteiger partial charge in [0.1, 0.15) is 5.58 Å². The van der Waals surface area contributed by atoms with Gasteiger partial charge < -0.3 is 19.5 Å². The van der Waals surface area contributed by atoms with Crippen LogP contribution in [0.3, 0.4) is 0 Å². The maximum absolute atomic E-state index is 12.7. The van der Waals surface area contributed by atoms with E-state index in [2.05, 4.69) is 15.5 Å². The average molecular weight is 519 g/mol. The summed E-state index contributed by atoms with van der Waals surface area (Å²) in [5, 5.41) is 7.15. The van der Waals surface area contributed by atoms with Crippen molar-refractivity contribution >= 4 is 63.1 Å². The van der Waals surface area contributed by atoms with Gasteiger partial charge in [-0.25, -0.2) is 0 Å². The van der Waals surface area contributed by atoms with E-state index in [-0.39, 0.29) is 16.8 Å². The number of halogens is 1. The van der Waals surface area contributed by atoms with Crippen LogP contribution in [0.25, 0.3) is 11.0 Å². The van der Waals surface area contributed by atoms with E-state index in [1.807, 2.05) is 65.6 Å². The first-order chi connectivity index (χ1) is 17.5. The van der Waals surface area contributed by atoms with Crippen molar-refractivity contribution in [2.75, 3.05) is 36.4 Å². The maximum atomic E-state index is 12.7. The molecule has 0 atom stereocenters. The molecule has 3 aromatic carbocycles. The van der Waals surface area contributed by atoms with Gasteiger partial charge in [-0.05, 0) is 54.7 Å². The standard InChI is InChI=1S/C27H23ClN4O3S/c28-21-17-20(29-27(36)30-25(33)24-16-19-8-4-5-9-23(19)35-24)10-11-22(21)31-12-14-32(15-13-31)26(34)18-6-2-1-3-7-18/h1-11,16-17H,12-15H2,(H2,29,30,33,36). The number of rotatable bonds is 4. The Morgan fingerprint density at radius 3 is 2.33 bits per heavy atom. The lowest BCUT2D eigenvalue weighted by atomic mass is 10.1. The van der Waals surface area contributed by atoms with Gasteiger partial charge in [0, 0.05) is 42.8 Å². The molecule has 0 unspecified atom stereocenters. The molecule has 7 nitrogen and oxygen atoms in total. The minimum atomic E-state index is -0.436. The Labute approximate surface area is 218 Å². The number of para-hydroxylation sites is 1. The van der Waals surface area contributed by atoms with Crippen molar-refractivity contribution in [2.24, 2.45) is 0 Å². The van der Waals surface area contributed by atoms with E-state index in [0.29, 0.717) is 48.0 Å². The quantitative estimate of drug-likeness (QED) is 0.363. The number of nitrogens with zero attached hydrogens (tertiary/aromatic N) is 2. The molecule has 1 aliphatic heterocycles. The molecule has 2 amide bonds. The van der Waals surface area contributed by atoms with Crippen LogP contribution in [0.4, 0.5) is 11.4 Å². The first-order valence-corrected chi connectivity index (χ1v) is 12.3. The van der Waals surface area contributed by atoms with E-state index in [1.54, 1.807) is 18.2 Å². The van der Waals surface area contributed by atoms with Crippen LogP contribution in [0.15, 0.2) is 83.3 Å². The van der Waals surface area contributed by atoms with E-state index < -0.39 is 5.91 Å². The number of hydrogen-bond acceptors (Lipinski definition) is 5. The number of thiocarbonyl (C=S) groups is 1. The number of anilines is 2. The third kappa shape index (κ3) is 5.19. The highest BCUT2D eigenvalue weighted by Gasteiger charge is 2.23. The Morgan fingerprint density at radius 2 is 1.61 bits per heavy atom. The number of furan rings is 1. The number of hydrogen-bond donors (Lipinski definition) is 2. The Hall–Kier alpha value is -3.88. The van der Waals surface area contributed by atoms with Gasteiger partial charge in [0.2, 0.25) is 0 Å². The fourth-order valence-electron chi connectivity index (χ4n) is 4.18. The van der Waals surface area contributed by atoms with Crippen LogP contribution >= 0.6 is 23.8 Å². The Balaban J connectivity index is 1.17. The number of piperazine rings is 1. The van der Waals surface area contributed by atoms with Crippen molar-refractivity contribution < 1.29 is 14.0 Å². The number of carbonyl (C=O) groups excluding carboxylic acids is 2. The van der Waals surface area contributed by atoms with Gasteiger partial charge in [0.15, 0.2) is 10.9 Å². The molecule has 9 heteroatoms. The molecule has 182 valence electrons. The molecule has 5 rings (SSSR count). The number of amides is 2. The Bertz CT molecular complexity index is 1400. The van der Waals surface area contributed by atoms with Crippen LogP contribution < -0.4 is 15.5 Å². The van der Waals surface area contributed by atoms with E-state index in [0.717, 1.165) is 11.1 Å². The summed E-state index contributed by atoms with van der Waals surface area (Å²) in [6.07, 6.45) is 0. The van der Waals surface area contributed by atoms with Crippen LogP contribution in [0.1, 0.15) is 20.9 Å². The number of nitrogens with one attached hydrogen (secondary N) is 2. The monoisotopic (exact) mass is 518 g/mol. The predicted octanol–water partition coefficient (Wildman–Crippen LogP) is 5.18. The summed E-state index contributed by atoms with van der Waals surface area (Å²) in [4.78, 5) is 29.2. The lowest BCUT2D eigenvalue weighted by Crippen LogP contribution is -2.48. The van der Waals surface area contributed by atoms with Crippen molar-refractivity contribution in [3.05, 3.63) is 95.2 Å². The summed E-state index contributed by atoms with van der Waals surface area (Å²) in [7, 11) is 0. The van der Waals surface area contributed by atoms with Crippen LogP contribution in [-0.4, -0.2) is 48.0 Å². The predicted molar refractivity (Wildman–Crippen MR) is 146 cm³/mol. The number of fused-ring (bicyclic) bond motifs is 1. The second kappa shape index (κ2) is 10.4. The molecule has 1 saturated heterocycles. The largest absolute Gasteiger partial charge is 0.451 e. The molecule has 0 bridgehead atoms. The smallest absolute Gasteiger partial charge is 0.293 e. The zero-order chi connectivity index (χ0) is 25.1. The van der Waals surface area contributed by atoms with Gasteiger partial charge in [-0.2, -0.15) is 0 Å². The average Bonchev–Trinajstić information content (AvgIpc) is 3.34. The van der Waals surface area contributed by atoms with Gasteiger partial charge in [-0.1, -0.05) is 48.0 Å². The minimum Gasteiger partial charge on any atom is -0.451 e. The first-order valence-electron chi connectivity index (χ1n) is 11.5. The third-order valence-electron chi connectivity index (χ3n) is 6.01. The van der Waals surface area contributed by atoms with Crippen molar-refractivity contribution in [1.82, 2.24) is 10.2 Å². The first kappa shape index (κ1) is 23.8. The van der Waals surface area contributed by atoms with E-state index >= 15 is 0 Å². The summed E-state index contributed by atoms with van der Waals surface area (Å²) in [6.45, 7) is 2.58. The molecule has 2 N–H and O–H groups in total. The van der Waals surface area contributed by atoms with Gasteiger partial charge in [0.25, 0.3) is 11.8 Å². The van der Waals surface area contributed by atoms with Gasteiger partial charge in [-0.3, -0.25) is 14.9 Å². The van der Waals surface area contributed by atoms with E-state index in [1.165, 1.54) is 0 Å². The van der Waals surface area contributed by atoms with Crippen LogP contribution in [0.2, 0.25) is 5.02 Å². The highest BCUT2D eigenvalue weighted by Crippen LogP contribution is 2.30. The van der Waals surface area contributed by atoms with Crippen LogP contribution in [-0.2, 0) is 0 Å². The van der Waals surface area contributed by atoms with Crippen molar-refractivity contribution in [3.8, 4) is 0 Å².